The lowest BCUT2D eigenvalue weighted by molar-refractivity contribution is -0.134. The minimum atomic E-state index is -1.26. The fraction of sp³-hybridized carbons (Fsp3) is 0.188. The average Bonchev–Trinajstić information content (AvgIpc) is 3.11. The second-order valence-corrected chi connectivity index (χ2v) is 5.06. The molecular weight excluding hydrogens is 319 g/mol. The minimum Gasteiger partial charge on any atom is -0.478 e. The molecule has 8 heteroatoms. The van der Waals surface area contributed by atoms with Crippen LogP contribution in [0, 0.1) is 5.82 Å². The number of hydrogen-bond acceptors (Lipinski definition) is 5. The Hall–Kier alpha value is -3.16. The van der Waals surface area contributed by atoms with E-state index in [-0.39, 0.29) is 11.9 Å². The summed E-state index contributed by atoms with van der Waals surface area (Å²) in [6.45, 7) is 0.808. The van der Waals surface area contributed by atoms with Gasteiger partial charge in [0.2, 0.25) is 0 Å². The number of likely N-dealkylation sites (N-methyl/N-ethyl adjacent to an activating group) is 1. The lowest BCUT2D eigenvalue weighted by atomic mass is 10.2. The maximum absolute atomic E-state index is 13.0. The zero-order valence-electron chi connectivity index (χ0n) is 12.7. The second-order valence-electron chi connectivity index (χ2n) is 5.06. The standard InChI is InChI=1S/C12H11FN2O.C4H4O4/c1-15-6-10(14-7-15)12-5-8-4-9(13)2-3-11(8)16-12;5-3(6)1-2-4(7)8/h2-5,7,10H,6H2,1H3;1-2H,(H,5,6)(H,7,8)/b;2-1+. The van der Waals surface area contributed by atoms with E-state index in [1.807, 2.05) is 18.0 Å². The Balaban J connectivity index is 0.000000224. The Morgan fingerprint density at radius 3 is 2.50 bits per heavy atom. The van der Waals surface area contributed by atoms with Gasteiger partial charge in [0.25, 0.3) is 0 Å². The van der Waals surface area contributed by atoms with E-state index in [2.05, 4.69) is 4.99 Å². The number of aliphatic imine (C=N–C) groups is 1. The number of benzene rings is 1. The molecular formula is C16H15FN2O5. The van der Waals surface area contributed by atoms with Crippen molar-refractivity contribution in [2.75, 3.05) is 13.6 Å². The third kappa shape index (κ3) is 4.67. The summed E-state index contributed by atoms with van der Waals surface area (Å²) in [6, 6.07) is 6.42. The Bertz CT molecular complexity index is 796. The van der Waals surface area contributed by atoms with Crippen LogP contribution in [0.3, 0.4) is 0 Å². The average molecular weight is 334 g/mol. The van der Waals surface area contributed by atoms with E-state index in [9.17, 15) is 14.0 Å². The summed E-state index contributed by atoms with van der Waals surface area (Å²) in [5.41, 5.74) is 0.709. The maximum atomic E-state index is 13.0. The highest BCUT2D eigenvalue weighted by Crippen LogP contribution is 2.28. The quantitative estimate of drug-likeness (QED) is 0.835. The maximum Gasteiger partial charge on any atom is 0.328 e. The molecule has 1 atom stereocenters. The number of aliphatic carboxylic acids is 2. The van der Waals surface area contributed by atoms with Crippen molar-refractivity contribution in [3.05, 3.63) is 48.0 Å². The van der Waals surface area contributed by atoms with E-state index in [4.69, 9.17) is 14.6 Å². The summed E-state index contributed by atoms with van der Waals surface area (Å²) in [6.07, 6.45) is 2.91. The first-order valence-corrected chi connectivity index (χ1v) is 6.91. The van der Waals surface area contributed by atoms with Crippen molar-refractivity contribution in [1.29, 1.82) is 0 Å². The number of carbonyl (C=O) groups is 2. The molecule has 126 valence electrons. The summed E-state index contributed by atoms with van der Waals surface area (Å²) < 4.78 is 18.7. The molecule has 24 heavy (non-hydrogen) atoms. The topological polar surface area (TPSA) is 103 Å². The number of rotatable bonds is 3. The van der Waals surface area contributed by atoms with Gasteiger partial charge in [0.1, 0.15) is 23.2 Å². The fourth-order valence-corrected chi connectivity index (χ4v) is 2.07. The SMILES string of the molecule is CN1C=NC(c2cc3cc(F)ccc3o2)C1.O=C(O)/C=C/C(=O)O. The smallest absolute Gasteiger partial charge is 0.328 e. The van der Waals surface area contributed by atoms with Crippen molar-refractivity contribution in [2.24, 2.45) is 4.99 Å². The van der Waals surface area contributed by atoms with Gasteiger partial charge in [-0.1, -0.05) is 0 Å². The van der Waals surface area contributed by atoms with Gasteiger partial charge in [-0.2, -0.15) is 0 Å². The number of fused-ring (bicyclic) bond motifs is 1. The lowest BCUT2D eigenvalue weighted by Crippen LogP contribution is -2.13. The summed E-state index contributed by atoms with van der Waals surface area (Å²) in [5.74, 6) is -1.96. The van der Waals surface area contributed by atoms with Gasteiger partial charge >= 0.3 is 11.9 Å². The summed E-state index contributed by atoms with van der Waals surface area (Å²) in [7, 11) is 1.96. The Kier molecular flexibility index (Phi) is 5.31. The Morgan fingerprint density at radius 1 is 1.29 bits per heavy atom. The zero-order chi connectivity index (χ0) is 17.7. The summed E-state index contributed by atoms with van der Waals surface area (Å²) >= 11 is 0. The van der Waals surface area contributed by atoms with Gasteiger partial charge in [-0.3, -0.25) is 4.99 Å². The molecule has 1 aromatic heterocycles. The third-order valence-corrected chi connectivity index (χ3v) is 3.10. The van der Waals surface area contributed by atoms with Crippen molar-refractivity contribution in [3.63, 3.8) is 0 Å². The van der Waals surface area contributed by atoms with E-state index in [0.29, 0.717) is 17.7 Å². The summed E-state index contributed by atoms with van der Waals surface area (Å²) in [4.78, 5) is 25.4. The summed E-state index contributed by atoms with van der Waals surface area (Å²) in [5, 5.41) is 16.4. The van der Waals surface area contributed by atoms with Crippen molar-refractivity contribution in [3.8, 4) is 0 Å². The number of hydrogen-bond donors (Lipinski definition) is 2. The van der Waals surface area contributed by atoms with Gasteiger partial charge in [0.15, 0.2) is 0 Å². The van der Waals surface area contributed by atoms with Crippen LogP contribution in [0.5, 0.6) is 0 Å². The van der Waals surface area contributed by atoms with Gasteiger partial charge in [-0.15, -0.1) is 0 Å². The third-order valence-electron chi connectivity index (χ3n) is 3.10. The van der Waals surface area contributed by atoms with E-state index >= 15 is 0 Å². The first-order chi connectivity index (χ1) is 11.3. The molecule has 0 radical (unpaired) electrons. The number of halogens is 1. The molecule has 2 heterocycles. The van der Waals surface area contributed by atoms with E-state index in [1.54, 1.807) is 12.4 Å². The van der Waals surface area contributed by atoms with Gasteiger partial charge in [0.05, 0.1) is 6.34 Å². The normalized spacial score (nSPS) is 16.4. The molecule has 0 bridgehead atoms. The van der Waals surface area contributed by atoms with Crippen LogP contribution < -0.4 is 0 Å². The molecule has 1 aliphatic rings. The zero-order valence-corrected chi connectivity index (χ0v) is 12.7. The number of carboxylic acids is 2. The first-order valence-electron chi connectivity index (χ1n) is 6.91. The predicted octanol–water partition coefficient (Wildman–Crippen LogP) is 2.30. The van der Waals surface area contributed by atoms with Crippen LogP contribution in [0.4, 0.5) is 4.39 Å². The van der Waals surface area contributed by atoms with Gasteiger partial charge in [0, 0.05) is 31.1 Å². The minimum absolute atomic E-state index is 0.0282. The van der Waals surface area contributed by atoms with E-state index < -0.39 is 11.9 Å². The van der Waals surface area contributed by atoms with Crippen molar-refractivity contribution >= 4 is 29.2 Å². The van der Waals surface area contributed by atoms with E-state index in [1.165, 1.54) is 12.1 Å². The molecule has 1 aliphatic heterocycles. The van der Waals surface area contributed by atoms with Crippen molar-refractivity contribution in [1.82, 2.24) is 4.90 Å². The molecule has 2 aromatic rings. The van der Waals surface area contributed by atoms with Crippen LogP contribution in [-0.2, 0) is 9.59 Å². The van der Waals surface area contributed by atoms with Crippen LogP contribution in [0.15, 0.2) is 45.8 Å². The van der Waals surface area contributed by atoms with Crippen LogP contribution >= 0.6 is 0 Å². The monoisotopic (exact) mass is 334 g/mol. The molecule has 1 aromatic carbocycles. The lowest BCUT2D eigenvalue weighted by Gasteiger charge is -2.06. The molecule has 7 nitrogen and oxygen atoms in total. The number of furan rings is 1. The molecule has 0 aliphatic carbocycles. The fourth-order valence-electron chi connectivity index (χ4n) is 2.07. The number of carboxylic acid groups (broad SMARTS) is 2. The molecule has 0 spiro atoms. The van der Waals surface area contributed by atoms with Crippen LogP contribution in [0.2, 0.25) is 0 Å². The molecule has 0 amide bonds. The highest BCUT2D eigenvalue weighted by atomic mass is 19.1. The van der Waals surface area contributed by atoms with Crippen molar-refractivity contribution < 1.29 is 28.6 Å². The molecule has 0 saturated heterocycles. The highest BCUT2D eigenvalue weighted by molar-refractivity contribution is 5.89. The van der Waals surface area contributed by atoms with Crippen LogP contribution in [0.1, 0.15) is 11.8 Å². The molecule has 0 saturated carbocycles. The van der Waals surface area contributed by atoms with Crippen molar-refractivity contribution in [2.45, 2.75) is 6.04 Å². The Morgan fingerprint density at radius 2 is 1.96 bits per heavy atom. The highest BCUT2D eigenvalue weighted by Gasteiger charge is 2.20. The Labute approximate surface area is 136 Å². The predicted molar refractivity (Wildman–Crippen MR) is 84.4 cm³/mol. The van der Waals surface area contributed by atoms with Gasteiger partial charge < -0.3 is 19.5 Å². The van der Waals surface area contributed by atoms with Crippen LogP contribution in [0.25, 0.3) is 11.0 Å². The van der Waals surface area contributed by atoms with E-state index in [0.717, 1.165) is 17.7 Å². The number of nitrogens with zero attached hydrogens (tertiary/aromatic N) is 2. The molecule has 3 rings (SSSR count). The molecule has 2 N–H and O–H groups in total. The molecule has 1 unspecified atom stereocenters. The first kappa shape index (κ1) is 17.2. The largest absolute Gasteiger partial charge is 0.478 e. The van der Waals surface area contributed by atoms with Crippen LogP contribution in [-0.4, -0.2) is 47.0 Å². The second kappa shape index (κ2) is 7.40. The van der Waals surface area contributed by atoms with Gasteiger partial charge in [-0.25, -0.2) is 14.0 Å². The van der Waals surface area contributed by atoms with Gasteiger partial charge in [-0.05, 0) is 24.3 Å². The molecule has 0 fully saturated rings.